The number of halogens is 1. The van der Waals surface area contributed by atoms with Gasteiger partial charge in [0.2, 0.25) is 5.91 Å². The van der Waals surface area contributed by atoms with Crippen LogP contribution in [0.3, 0.4) is 0 Å². The molecule has 0 saturated carbocycles. The molecule has 1 aromatic rings. The molecule has 1 amide bonds. The fraction of sp³-hybridized carbons (Fsp3) is 0.222. The third-order valence-corrected chi connectivity index (χ3v) is 2.76. The number of fused-ring (bicyclic) bond motifs is 1. The van der Waals surface area contributed by atoms with Gasteiger partial charge in [0, 0.05) is 4.47 Å². The Kier molecular flexibility index (Phi) is 1.68. The summed E-state index contributed by atoms with van der Waals surface area (Å²) in [7, 11) is 0. The molecule has 1 N–H and O–H groups in total. The molecule has 3 heteroatoms. The number of carbonyl (C=O) groups is 1. The Morgan fingerprint density at radius 2 is 2.25 bits per heavy atom. The van der Waals surface area contributed by atoms with Gasteiger partial charge in [-0.15, -0.1) is 0 Å². The Bertz CT molecular complexity index is 327. The topological polar surface area (TPSA) is 29.1 Å². The van der Waals surface area contributed by atoms with Gasteiger partial charge in [-0.1, -0.05) is 6.07 Å². The van der Waals surface area contributed by atoms with Crippen molar-refractivity contribution in [2.45, 2.75) is 13.3 Å². The molecule has 0 bridgehead atoms. The van der Waals surface area contributed by atoms with E-state index >= 15 is 0 Å². The lowest BCUT2D eigenvalue weighted by molar-refractivity contribution is -0.115. The molecular formula is C9H8BrNO. The number of rotatable bonds is 0. The van der Waals surface area contributed by atoms with Crippen LogP contribution in [0.2, 0.25) is 0 Å². The predicted octanol–water partition coefficient (Wildman–Crippen LogP) is 2.25. The van der Waals surface area contributed by atoms with Crippen LogP contribution < -0.4 is 5.32 Å². The molecule has 0 saturated heterocycles. The lowest BCUT2D eigenvalue weighted by atomic mass is 10.1. The maximum atomic E-state index is 11.1. The summed E-state index contributed by atoms with van der Waals surface area (Å²) in [5, 5.41) is 2.82. The van der Waals surface area contributed by atoms with Crippen molar-refractivity contribution in [3.05, 3.63) is 27.7 Å². The van der Waals surface area contributed by atoms with Gasteiger partial charge in [-0.3, -0.25) is 4.79 Å². The van der Waals surface area contributed by atoms with E-state index in [1.165, 1.54) is 5.56 Å². The molecule has 2 nitrogen and oxygen atoms in total. The standard InChI is InChI=1S/C9H8BrNO/c1-5-2-3-7(10)9-6(5)4-8(12)11-9/h2-3H,4H2,1H3,(H,11,12). The Hall–Kier alpha value is -0.830. The van der Waals surface area contributed by atoms with Gasteiger partial charge in [-0.05, 0) is 40.0 Å². The predicted molar refractivity (Wildman–Crippen MR) is 51.2 cm³/mol. The summed E-state index contributed by atoms with van der Waals surface area (Å²) in [6.07, 6.45) is 0.514. The van der Waals surface area contributed by atoms with Crippen LogP contribution in [-0.2, 0) is 11.2 Å². The van der Waals surface area contributed by atoms with Crippen molar-refractivity contribution < 1.29 is 4.79 Å². The van der Waals surface area contributed by atoms with Gasteiger partial charge in [0.15, 0.2) is 0 Å². The van der Waals surface area contributed by atoms with E-state index in [9.17, 15) is 4.79 Å². The van der Waals surface area contributed by atoms with Crippen LogP contribution in [0, 0.1) is 6.92 Å². The van der Waals surface area contributed by atoms with Crippen molar-refractivity contribution in [1.82, 2.24) is 0 Å². The molecule has 1 heterocycles. The summed E-state index contributed by atoms with van der Waals surface area (Å²) in [5.41, 5.74) is 3.24. The highest BCUT2D eigenvalue weighted by Crippen LogP contribution is 2.33. The van der Waals surface area contributed by atoms with Crippen molar-refractivity contribution in [3.8, 4) is 0 Å². The summed E-state index contributed by atoms with van der Waals surface area (Å²) in [5.74, 6) is 0.0833. The molecule has 0 aromatic heterocycles. The van der Waals surface area contributed by atoms with E-state index in [1.807, 2.05) is 19.1 Å². The third kappa shape index (κ3) is 1.05. The van der Waals surface area contributed by atoms with Crippen LogP contribution in [0.1, 0.15) is 11.1 Å². The maximum absolute atomic E-state index is 11.1. The number of hydrogen-bond acceptors (Lipinski definition) is 1. The lowest BCUT2D eigenvalue weighted by Gasteiger charge is -2.03. The fourth-order valence-electron chi connectivity index (χ4n) is 1.43. The number of nitrogens with one attached hydrogen (secondary N) is 1. The highest BCUT2D eigenvalue weighted by atomic mass is 79.9. The Labute approximate surface area is 79.1 Å². The highest BCUT2D eigenvalue weighted by molar-refractivity contribution is 9.10. The molecule has 0 unspecified atom stereocenters. The van der Waals surface area contributed by atoms with E-state index < -0.39 is 0 Å². The van der Waals surface area contributed by atoms with Gasteiger partial charge in [-0.25, -0.2) is 0 Å². The highest BCUT2D eigenvalue weighted by Gasteiger charge is 2.21. The molecule has 2 rings (SSSR count). The van der Waals surface area contributed by atoms with E-state index in [2.05, 4.69) is 21.2 Å². The molecule has 1 aliphatic heterocycles. The zero-order valence-corrected chi connectivity index (χ0v) is 8.23. The summed E-state index contributed by atoms with van der Waals surface area (Å²) >= 11 is 3.39. The molecule has 1 aromatic carbocycles. The Morgan fingerprint density at radius 1 is 1.50 bits per heavy atom. The minimum atomic E-state index is 0.0833. The molecule has 12 heavy (non-hydrogen) atoms. The normalized spacial score (nSPS) is 14.3. The second-order valence-electron chi connectivity index (χ2n) is 2.94. The number of anilines is 1. The third-order valence-electron chi connectivity index (χ3n) is 2.10. The van der Waals surface area contributed by atoms with Gasteiger partial charge < -0.3 is 5.32 Å². The van der Waals surface area contributed by atoms with Gasteiger partial charge >= 0.3 is 0 Å². The number of carbonyl (C=O) groups excluding carboxylic acids is 1. The largest absolute Gasteiger partial charge is 0.325 e. The quantitative estimate of drug-likeness (QED) is 0.722. The van der Waals surface area contributed by atoms with Crippen LogP contribution >= 0.6 is 15.9 Å². The average Bonchev–Trinajstić information content (AvgIpc) is 2.41. The zero-order valence-electron chi connectivity index (χ0n) is 6.65. The van der Waals surface area contributed by atoms with Crippen molar-refractivity contribution in [3.63, 3.8) is 0 Å². The smallest absolute Gasteiger partial charge is 0.228 e. The summed E-state index contributed by atoms with van der Waals surface area (Å²) in [4.78, 5) is 11.1. The summed E-state index contributed by atoms with van der Waals surface area (Å²) in [6.45, 7) is 2.02. The number of hydrogen-bond donors (Lipinski definition) is 1. The zero-order chi connectivity index (χ0) is 8.72. The first-order chi connectivity index (χ1) is 5.68. The van der Waals surface area contributed by atoms with Crippen molar-refractivity contribution in [2.24, 2.45) is 0 Å². The molecule has 62 valence electrons. The number of benzene rings is 1. The number of amides is 1. The van der Waals surface area contributed by atoms with Gasteiger partial charge in [-0.2, -0.15) is 0 Å². The maximum Gasteiger partial charge on any atom is 0.228 e. The van der Waals surface area contributed by atoms with Crippen LogP contribution in [0.5, 0.6) is 0 Å². The molecular weight excluding hydrogens is 218 g/mol. The fourth-order valence-corrected chi connectivity index (χ4v) is 1.90. The van der Waals surface area contributed by atoms with Gasteiger partial charge in [0.1, 0.15) is 0 Å². The van der Waals surface area contributed by atoms with Crippen LogP contribution in [-0.4, -0.2) is 5.91 Å². The van der Waals surface area contributed by atoms with E-state index in [1.54, 1.807) is 0 Å². The molecule has 0 spiro atoms. The van der Waals surface area contributed by atoms with E-state index in [0.29, 0.717) is 6.42 Å². The van der Waals surface area contributed by atoms with Crippen molar-refractivity contribution >= 4 is 27.5 Å². The average molecular weight is 226 g/mol. The van der Waals surface area contributed by atoms with Crippen molar-refractivity contribution in [1.29, 1.82) is 0 Å². The van der Waals surface area contributed by atoms with E-state index in [-0.39, 0.29) is 5.91 Å². The lowest BCUT2D eigenvalue weighted by Crippen LogP contribution is -2.03. The monoisotopic (exact) mass is 225 g/mol. The molecule has 0 atom stereocenters. The summed E-state index contributed by atoms with van der Waals surface area (Å²) in [6, 6.07) is 3.98. The van der Waals surface area contributed by atoms with Gasteiger partial charge in [0.25, 0.3) is 0 Å². The van der Waals surface area contributed by atoms with Crippen LogP contribution in [0.4, 0.5) is 5.69 Å². The summed E-state index contributed by atoms with van der Waals surface area (Å²) < 4.78 is 0.967. The molecule has 0 aliphatic carbocycles. The first-order valence-corrected chi connectivity index (χ1v) is 4.55. The van der Waals surface area contributed by atoms with Crippen LogP contribution in [0.25, 0.3) is 0 Å². The minimum absolute atomic E-state index is 0.0833. The molecule has 0 fully saturated rings. The molecule has 1 aliphatic rings. The van der Waals surface area contributed by atoms with E-state index in [0.717, 1.165) is 15.7 Å². The van der Waals surface area contributed by atoms with Crippen LogP contribution in [0.15, 0.2) is 16.6 Å². The number of aryl methyl sites for hydroxylation is 1. The molecule has 0 radical (unpaired) electrons. The van der Waals surface area contributed by atoms with Crippen molar-refractivity contribution in [2.75, 3.05) is 5.32 Å². The second kappa shape index (κ2) is 2.59. The Morgan fingerprint density at radius 3 is 2.92 bits per heavy atom. The first-order valence-electron chi connectivity index (χ1n) is 3.76. The SMILES string of the molecule is Cc1ccc(Br)c2c1CC(=O)N2. The minimum Gasteiger partial charge on any atom is -0.325 e. The van der Waals surface area contributed by atoms with Gasteiger partial charge in [0.05, 0.1) is 12.1 Å². The first kappa shape index (κ1) is 7.80. The van der Waals surface area contributed by atoms with E-state index in [4.69, 9.17) is 0 Å². The second-order valence-corrected chi connectivity index (χ2v) is 3.80. The Balaban J connectivity index is 2.64.